The number of esters is 2. The first-order valence-corrected chi connectivity index (χ1v) is 19.3. The number of aliphatic hydroxyl groups excluding tert-OH is 1. The zero-order valence-electron chi connectivity index (χ0n) is 29.8. The van der Waals surface area contributed by atoms with Crippen molar-refractivity contribution in [3.63, 3.8) is 0 Å². The Kier molecular flexibility index (Phi) is 33.9. The Hall–Kier alpha value is -1.10. The fraction of sp³-hybridized carbons (Fsp3) is 0.923. The second kappa shape index (κ2) is 34.8. The molecule has 0 heterocycles. The Labute approximate surface area is 274 Å². The van der Waals surface area contributed by atoms with Gasteiger partial charge in [0.25, 0.3) is 0 Å². The average molecular weight is 624 g/mol. The molecule has 0 spiro atoms. The van der Waals surface area contributed by atoms with Gasteiger partial charge in [0.1, 0.15) is 0 Å². The van der Waals surface area contributed by atoms with E-state index >= 15 is 0 Å². The van der Waals surface area contributed by atoms with Crippen LogP contribution in [-0.4, -0.2) is 36.4 Å². The maximum atomic E-state index is 12.0. The Bertz CT molecular complexity index is 555. The Balaban J connectivity index is 3.49. The van der Waals surface area contributed by atoms with Crippen molar-refractivity contribution in [3.8, 4) is 0 Å². The van der Waals surface area contributed by atoms with Crippen molar-refractivity contribution < 1.29 is 24.2 Å². The van der Waals surface area contributed by atoms with Crippen molar-refractivity contribution in [2.24, 2.45) is 0 Å². The fourth-order valence-corrected chi connectivity index (χ4v) is 5.74. The molecular formula is C39H75O5. The summed E-state index contributed by atoms with van der Waals surface area (Å²) in [5.41, 5.74) is 0. The molecule has 0 rings (SSSR count). The summed E-state index contributed by atoms with van der Waals surface area (Å²) in [7, 11) is 0. The van der Waals surface area contributed by atoms with Gasteiger partial charge in [-0.15, -0.1) is 0 Å². The lowest BCUT2D eigenvalue weighted by molar-refractivity contribution is -0.145. The third-order valence-electron chi connectivity index (χ3n) is 8.95. The van der Waals surface area contributed by atoms with Crippen molar-refractivity contribution in [1.29, 1.82) is 0 Å². The van der Waals surface area contributed by atoms with Crippen molar-refractivity contribution in [2.45, 2.75) is 219 Å². The molecule has 0 amide bonds. The number of ether oxygens (including phenoxy) is 2. The quantitative estimate of drug-likeness (QED) is 0.0561. The topological polar surface area (TPSA) is 72.8 Å². The van der Waals surface area contributed by atoms with Crippen LogP contribution < -0.4 is 0 Å². The second-order valence-electron chi connectivity index (χ2n) is 13.3. The summed E-state index contributed by atoms with van der Waals surface area (Å²) in [6, 6.07) is 0. The molecule has 1 atom stereocenters. The van der Waals surface area contributed by atoms with Gasteiger partial charge in [0.2, 0.25) is 0 Å². The SMILES string of the molecule is CCCCCCCCCCCCCCCC(=O)OCC[C](C)C(O)CCOC(=O)CCCCCCCCCCCCCCC. The zero-order chi connectivity index (χ0) is 32.4. The van der Waals surface area contributed by atoms with Gasteiger partial charge in [-0.05, 0) is 19.3 Å². The highest BCUT2D eigenvalue weighted by Gasteiger charge is 2.16. The van der Waals surface area contributed by atoms with Crippen LogP contribution >= 0.6 is 0 Å². The van der Waals surface area contributed by atoms with Crippen LogP contribution in [0.1, 0.15) is 213 Å². The summed E-state index contributed by atoms with van der Waals surface area (Å²) < 4.78 is 10.7. The van der Waals surface area contributed by atoms with Crippen LogP contribution in [0.5, 0.6) is 0 Å². The normalized spacial score (nSPS) is 12.1. The standard InChI is InChI=1S/C39H75O5/c1-4-6-8-10-12-14-16-18-20-22-24-26-28-30-38(41)43-34-32-36(3)37(40)33-35-44-39(42)31-29-27-25-23-21-19-17-15-13-11-9-7-5-2/h37,40H,4-35H2,1-3H3. The first-order valence-electron chi connectivity index (χ1n) is 19.3. The molecule has 1 radical (unpaired) electrons. The van der Waals surface area contributed by atoms with Gasteiger partial charge in [0.05, 0.1) is 19.3 Å². The van der Waals surface area contributed by atoms with Crippen molar-refractivity contribution in [3.05, 3.63) is 5.92 Å². The molecular weight excluding hydrogens is 548 g/mol. The number of aliphatic hydroxyl groups is 1. The highest BCUT2D eigenvalue weighted by molar-refractivity contribution is 5.69. The molecule has 0 aliphatic heterocycles. The minimum Gasteiger partial charge on any atom is -0.466 e. The number of hydrogen-bond donors (Lipinski definition) is 1. The van der Waals surface area contributed by atoms with E-state index in [1.807, 2.05) is 6.92 Å². The molecule has 0 saturated heterocycles. The van der Waals surface area contributed by atoms with Gasteiger partial charge in [0.15, 0.2) is 0 Å². The van der Waals surface area contributed by atoms with Crippen molar-refractivity contribution in [1.82, 2.24) is 0 Å². The summed E-state index contributed by atoms with van der Waals surface area (Å²) in [6.07, 6.45) is 34.7. The zero-order valence-corrected chi connectivity index (χ0v) is 29.8. The third kappa shape index (κ3) is 32.3. The van der Waals surface area contributed by atoms with Gasteiger partial charge in [-0.1, -0.05) is 175 Å². The molecule has 0 aromatic carbocycles. The van der Waals surface area contributed by atoms with Gasteiger partial charge in [-0.3, -0.25) is 9.59 Å². The third-order valence-corrected chi connectivity index (χ3v) is 8.95. The first kappa shape index (κ1) is 42.9. The Morgan fingerprint density at radius 3 is 1.09 bits per heavy atom. The van der Waals surface area contributed by atoms with Gasteiger partial charge in [-0.25, -0.2) is 0 Å². The molecule has 5 nitrogen and oxygen atoms in total. The Morgan fingerprint density at radius 2 is 0.750 bits per heavy atom. The van der Waals surface area contributed by atoms with Crippen molar-refractivity contribution >= 4 is 11.9 Å². The largest absolute Gasteiger partial charge is 0.466 e. The number of carbonyl (C=O) groups excluding carboxylic acids is 2. The molecule has 44 heavy (non-hydrogen) atoms. The minimum absolute atomic E-state index is 0.141. The molecule has 0 saturated carbocycles. The van der Waals surface area contributed by atoms with Crippen LogP contribution in [0.3, 0.4) is 0 Å². The van der Waals surface area contributed by atoms with Crippen LogP contribution in [0, 0.1) is 5.92 Å². The van der Waals surface area contributed by atoms with Crippen LogP contribution in [0.4, 0.5) is 0 Å². The van der Waals surface area contributed by atoms with Crippen molar-refractivity contribution in [2.75, 3.05) is 13.2 Å². The molecule has 261 valence electrons. The maximum Gasteiger partial charge on any atom is 0.305 e. The smallest absolute Gasteiger partial charge is 0.305 e. The molecule has 1 unspecified atom stereocenters. The highest BCUT2D eigenvalue weighted by atomic mass is 16.5. The minimum atomic E-state index is -0.640. The lowest BCUT2D eigenvalue weighted by Gasteiger charge is -2.18. The number of hydrogen-bond acceptors (Lipinski definition) is 5. The molecule has 0 aliphatic rings. The Morgan fingerprint density at radius 1 is 0.455 bits per heavy atom. The van der Waals surface area contributed by atoms with E-state index in [0.29, 0.717) is 32.3 Å². The fourth-order valence-electron chi connectivity index (χ4n) is 5.74. The molecule has 0 bridgehead atoms. The van der Waals surface area contributed by atoms with Crippen LogP contribution in [0.25, 0.3) is 0 Å². The molecule has 0 fully saturated rings. The average Bonchev–Trinajstić information content (AvgIpc) is 3.01. The first-order chi connectivity index (χ1) is 21.5. The molecule has 0 aliphatic carbocycles. The van der Waals surface area contributed by atoms with Gasteiger partial charge in [-0.2, -0.15) is 0 Å². The predicted molar refractivity (Wildman–Crippen MR) is 187 cm³/mol. The predicted octanol–water partition coefficient (Wildman–Crippen LogP) is 11.8. The lowest BCUT2D eigenvalue weighted by Crippen LogP contribution is -2.21. The summed E-state index contributed by atoms with van der Waals surface area (Å²) in [5.74, 6) is 0.559. The summed E-state index contributed by atoms with van der Waals surface area (Å²) in [4.78, 5) is 24.0. The molecule has 1 N–H and O–H groups in total. The van der Waals surface area contributed by atoms with Crippen LogP contribution in [-0.2, 0) is 19.1 Å². The van der Waals surface area contributed by atoms with E-state index in [9.17, 15) is 14.7 Å². The molecule has 0 aromatic rings. The van der Waals surface area contributed by atoms with E-state index in [2.05, 4.69) is 13.8 Å². The molecule has 0 aromatic heterocycles. The summed E-state index contributed by atoms with van der Waals surface area (Å²) in [6.45, 7) is 6.94. The van der Waals surface area contributed by atoms with E-state index in [4.69, 9.17) is 9.47 Å². The number of carbonyl (C=O) groups is 2. The number of unbranched alkanes of at least 4 members (excludes halogenated alkanes) is 24. The van der Waals surface area contributed by atoms with Gasteiger partial charge >= 0.3 is 11.9 Å². The van der Waals surface area contributed by atoms with Crippen LogP contribution in [0.15, 0.2) is 0 Å². The van der Waals surface area contributed by atoms with E-state index in [1.54, 1.807) is 0 Å². The number of rotatable bonds is 35. The maximum absolute atomic E-state index is 12.0. The lowest BCUT2D eigenvalue weighted by atomic mass is 9.99. The van der Waals surface area contributed by atoms with Gasteiger partial charge < -0.3 is 14.6 Å². The van der Waals surface area contributed by atoms with Gasteiger partial charge in [0, 0.05) is 25.2 Å². The summed E-state index contributed by atoms with van der Waals surface area (Å²) >= 11 is 0. The van der Waals surface area contributed by atoms with E-state index < -0.39 is 6.10 Å². The van der Waals surface area contributed by atoms with E-state index in [0.717, 1.165) is 31.6 Å². The molecule has 5 heteroatoms. The summed E-state index contributed by atoms with van der Waals surface area (Å²) in [5, 5.41) is 10.4. The highest BCUT2D eigenvalue weighted by Crippen LogP contribution is 2.17. The van der Waals surface area contributed by atoms with Crippen LogP contribution in [0.2, 0.25) is 0 Å². The van der Waals surface area contributed by atoms with E-state index in [1.165, 1.54) is 141 Å². The van der Waals surface area contributed by atoms with E-state index in [-0.39, 0.29) is 18.5 Å². The second-order valence-corrected chi connectivity index (χ2v) is 13.3. The monoisotopic (exact) mass is 624 g/mol.